The molecular formula is C22H21FN4O2. The standard InChI is InChI=1S/C22H21FN4O2/c1-3-13(2)12-29-22(28)18-19-21(26-17-7-5-4-6-16(17)25-19)27(20(18)24)15-10-8-14(23)9-11-15/h4-11,13H,3,12,24H2,1-2H3/t13-/m0/s1. The number of esters is 1. The number of para-hydroxylation sites is 2. The van der Waals surface area contributed by atoms with Crippen LogP contribution in [0.15, 0.2) is 48.5 Å². The van der Waals surface area contributed by atoms with Crippen LogP contribution >= 0.6 is 0 Å². The summed E-state index contributed by atoms with van der Waals surface area (Å²) in [5, 5.41) is 0. The summed E-state index contributed by atoms with van der Waals surface area (Å²) in [7, 11) is 0. The Balaban J connectivity index is 1.94. The Morgan fingerprint density at radius 2 is 1.79 bits per heavy atom. The smallest absolute Gasteiger partial charge is 0.344 e. The Hall–Kier alpha value is -3.48. The van der Waals surface area contributed by atoms with Crippen molar-refractivity contribution in [2.45, 2.75) is 20.3 Å². The summed E-state index contributed by atoms with van der Waals surface area (Å²) >= 11 is 0. The van der Waals surface area contributed by atoms with E-state index < -0.39 is 5.97 Å². The number of nitrogens with zero attached hydrogens (tertiary/aromatic N) is 3. The van der Waals surface area contributed by atoms with Gasteiger partial charge >= 0.3 is 5.97 Å². The highest BCUT2D eigenvalue weighted by molar-refractivity contribution is 6.09. The monoisotopic (exact) mass is 392 g/mol. The lowest BCUT2D eigenvalue weighted by Crippen LogP contribution is -2.13. The molecule has 0 fully saturated rings. The van der Waals surface area contributed by atoms with Gasteiger partial charge in [0.15, 0.2) is 5.65 Å². The first kappa shape index (κ1) is 18.9. The van der Waals surface area contributed by atoms with E-state index in [9.17, 15) is 9.18 Å². The molecule has 6 nitrogen and oxygen atoms in total. The fourth-order valence-electron chi connectivity index (χ4n) is 3.12. The third-order valence-electron chi connectivity index (χ3n) is 4.98. The van der Waals surface area contributed by atoms with Gasteiger partial charge in [0.05, 0.1) is 17.6 Å². The van der Waals surface area contributed by atoms with Crippen LogP contribution in [0, 0.1) is 11.7 Å². The maximum Gasteiger partial charge on any atom is 0.344 e. The summed E-state index contributed by atoms with van der Waals surface area (Å²) in [5.74, 6) is -0.514. The van der Waals surface area contributed by atoms with Crippen molar-refractivity contribution in [3.8, 4) is 5.69 Å². The number of anilines is 1. The van der Waals surface area contributed by atoms with Crippen LogP contribution in [0.4, 0.5) is 10.2 Å². The van der Waals surface area contributed by atoms with Crippen LogP contribution in [0.25, 0.3) is 27.9 Å². The molecule has 0 saturated heterocycles. The van der Waals surface area contributed by atoms with Crippen molar-refractivity contribution in [3.05, 3.63) is 59.9 Å². The van der Waals surface area contributed by atoms with Gasteiger partial charge in [-0.25, -0.2) is 19.2 Å². The number of hydrogen-bond donors (Lipinski definition) is 1. The topological polar surface area (TPSA) is 83.0 Å². The highest BCUT2D eigenvalue weighted by Crippen LogP contribution is 2.31. The molecule has 2 aromatic heterocycles. The zero-order valence-electron chi connectivity index (χ0n) is 16.2. The zero-order valence-corrected chi connectivity index (χ0v) is 16.2. The van der Waals surface area contributed by atoms with Crippen molar-refractivity contribution in [2.75, 3.05) is 12.3 Å². The Bertz CT molecular complexity index is 1200. The van der Waals surface area contributed by atoms with Gasteiger partial charge < -0.3 is 10.5 Å². The Kier molecular flexibility index (Phi) is 4.88. The van der Waals surface area contributed by atoms with E-state index in [2.05, 4.69) is 9.97 Å². The van der Waals surface area contributed by atoms with Gasteiger partial charge in [-0.15, -0.1) is 0 Å². The number of nitrogen functional groups attached to an aromatic ring is 1. The zero-order chi connectivity index (χ0) is 20.5. The first-order valence-corrected chi connectivity index (χ1v) is 9.49. The van der Waals surface area contributed by atoms with Gasteiger partial charge in [0.25, 0.3) is 0 Å². The number of hydrogen-bond acceptors (Lipinski definition) is 5. The molecular weight excluding hydrogens is 371 g/mol. The van der Waals surface area contributed by atoms with Crippen LogP contribution in [-0.2, 0) is 4.74 Å². The minimum Gasteiger partial charge on any atom is -0.462 e. The van der Waals surface area contributed by atoms with E-state index in [0.29, 0.717) is 34.5 Å². The summed E-state index contributed by atoms with van der Waals surface area (Å²) in [4.78, 5) is 22.2. The van der Waals surface area contributed by atoms with Crippen molar-refractivity contribution < 1.29 is 13.9 Å². The van der Waals surface area contributed by atoms with Crippen molar-refractivity contribution in [3.63, 3.8) is 0 Å². The molecule has 2 N–H and O–H groups in total. The number of rotatable bonds is 5. The molecule has 4 rings (SSSR count). The average Bonchev–Trinajstić information content (AvgIpc) is 3.01. The molecule has 1 atom stereocenters. The summed E-state index contributed by atoms with van der Waals surface area (Å²) in [5.41, 5.74) is 9.23. The molecule has 148 valence electrons. The molecule has 0 aliphatic heterocycles. The predicted octanol–water partition coefficient (Wildman–Crippen LogP) is 4.50. The number of halogens is 1. The number of fused-ring (bicyclic) bond motifs is 2. The first-order valence-electron chi connectivity index (χ1n) is 9.49. The number of benzene rings is 2. The maximum absolute atomic E-state index is 13.4. The van der Waals surface area contributed by atoms with Crippen molar-refractivity contribution >= 4 is 34.0 Å². The number of carbonyl (C=O) groups excluding carboxylic acids is 1. The van der Waals surface area contributed by atoms with Crippen LogP contribution in [0.1, 0.15) is 30.6 Å². The van der Waals surface area contributed by atoms with Gasteiger partial charge in [-0.05, 0) is 42.3 Å². The number of carbonyl (C=O) groups is 1. The van der Waals surface area contributed by atoms with E-state index in [1.165, 1.54) is 12.1 Å². The van der Waals surface area contributed by atoms with Crippen LogP contribution < -0.4 is 5.73 Å². The normalized spacial score (nSPS) is 12.4. The summed E-state index contributed by atoms with van der Waals surface area (Å²) < 4.78 is 20.5. The van der Waals surface area contributed by atoms with E-state index in [4.69, 9.17) is 10.5 Å². The van der Waals surface area contributed by atoms with Crippen LogP contribution in [0.3, 0.4) is 0 Å². The van der Waals surface area contributed by atoms with Crippen LogP contribution in [0.2, 0.25) is 0 Å². The quantitative estimate of drug-likeness (QED) is 0.506. The lowest BCUT2D eigenvalue weighted by Gasteiger charge is -2.10. The highest BCUT2D eigenvalue weighted by atomic mass is 19.1. The molecule has 0 unspecified atom stereocenters. The second-order valence-electron chi connectivity index (χ2n) is 7.07. The maximum atomic E-state index is 13.4. The SMILES string of the molecule is CC[C@H](C)COC(=O)c1c(N)n(-c2ccc(F)cc2)c2nc3ccccc3nc12. The third kappa shape index (κ3) is 3.40. The van der Waals surface area contributed by atoms with Crippen molar-refractivity contribution in [2.24, 2.45) is 5.92 Å². The van der Waals surface area contributed by atoms with E-state index >= 15 is 0 Å². The summed E-state index contributed by atoms with van der Waals surface area (Å²) in [6.07, 6.45) is 0.893. The average molecular weight is 392 g/mol. The molecule has 0 saturated carbocycles. The fraction of sp³-hybridized carbons (Fsp3) is 0.227. The predicted molar refractivity (Wildman–Crippen MR) is 110 cm³/mol. The second-order valence-corrected chi connectivity index (χ2v) is 7.07. The number of ether oxygens (including phenoxy) is 1. The lowest BCUT2D eigenvalue weighted by molar-refractivity contribution is 0.0450. The van der Waals surface area contributed by atoms with E-state index in [0.717, 1.165) is 6.42 Å². The minimum atomic E-state index is -0.543. The summed E-state index contributed by atoms with van der Waals surface area (Å²) in [6.45, 7) is 4.33. The Morgan fingerprint density at radius 3 is 2.45 bits per heavy atom. The largest absolute Gasteiger partial charge is 0.462 e. The van der Waals surface area contributed by atoms with Gasteiger partial charge in [0.1, 0.15) is 22.7 Å². The van der Waals surface area contributed by atoms with Crippen molar-refractivity contribution in [1.29, 1.82) is 0 Å². The number of aromatic nitrogens is 3. The van der Waals surface area contributed by atoms with Crippen molar-refractivity contribution in [1.82, 2.24) is 14.5 Å². The first-order chi connectivity index (χ1) is 14.0. The number of nitrogens with two attached hydrogens (primary N) is 1. The van der Waals surface area contributed by atoms with Gasteiger partial charge in [0.2, 0.25) is 0 Å². The lowest BCUT2D eigenvalue weighted by atomic mass is 10.1. The van der Waals surface area contributed by atoms with Gasteiger partial charge in [-0.2, -0.15) is 0 Å². The molecule has 29 heavy (non-hydrogen) atoms. The molecule has 2 heterocycles. The fourth-order valence-corrected chi connectivity index (χ4v) is 3.12. The Labute approximate surface area is 167 Å². The molecule has 0 spiro atoms. The Morgan fingerprint density at radius 1 is 1.14 bits per heavy atom. The van der Waals surface area contributed by atoms with Crippen LogP contribution in [-0.4, -0.2) is 27.1 Å². The van der Waals surface area contributed by atoms with Gasteiger partial charge in [-0.3, -0.25) is 4.57 Å². The molecule has 0 amide bonds. The van der Waals surface area contributed by atoms with Gasteiger partial charge in [0, 0.05) is 5.69 Å². The third-order valence-corrected chi connectivity index (χ3v) is 4.98. The highest BCUT2D eigenvalue weighted by Gasteiger charge is 2.26. The van der Waals surface area contributed by atoms with E-state index in [1.807, 2.05) is 38.1 Å². The second kappa shape index (κ2) is 7.50. The van der Waals surface area contributed by atoms with E-state index in [-0.39, 0.29) is 23.1 Å². The molecule has 0 aliphatic carbocycles. The molecule has 4 aromatic rings. The van der Waals surface area contributed by atoms with E-state index in [1.54, 1.807) is 16.7 Å². The van der Waals surface area contributed by atoms with Gasteiger partial charge in [-0.1, -0.05) is 32.4 Å². The minimum absolute atomic E-state index is 0.163. The molecule has 7 heteroatoms. The molecule has 2 aromatic carbocycles. The molecule has 0 bridgehead atoms. The molecule has 0 aliphatic rings. The van der Waals surface area contributed by atoms with Crippen LogP contribution in [0.5, 0.6) is 0 Å². The molecule has 0 radical (unpaired) electrons. The summed E-state index contributed by atoms with van der Waals surface area (Å²) in [6, 6.07) is 13.2.